The number of nitrogens with one attached hydrogen (secondary N) is 1. The first-order chi connectivity index (χ1) is 12.1. The fourth-order valence-electron chi connectivity index (χ4n) is 3.08. The number of aliphatic hydroxyl groups excluding tert-OH is 1. The summed E-state index contributed by atoms with van der Waals surface area (Å²) in [5.41, 5.74) is 0.897. The van der Waals surface area contributed by atoms with Gasteiger partial charge in [0.25, 0.3) is 0 Å². The summed E-state index contributed by atoms with van der Waals surface area (Å²) in [6, 6.07) is 12.2. The van der Waals surface area contributed by atoms with Crippen LogP contribution in [0, 0.1) is 0 Å². The van der Waals surface area contributed by atoms with Gasteiger partial charge in [-0.2, -0.15) is 0 Å². The molecule has 0 aliphatic carbocycles. The quantitative estimate of drug-likeness (QED) is 0.839. The van der Waals surface area contributed by atoms with E-state index < -0.39 is 6.10 Å². The molecule has 1 aromatic carbocycles. The third-order valence-corrected chi connectivity index (χ3v) is 4.68. The highest BCUT2D eigenvalue weighted by Gasteiger charge is 2.20. The van der Waals surface area contributed by atoms with Crippen LogP contribution < -0.4 is 10.2 Å². The van der Waals surface area contributed by atoms with Crippen LogP contribution >= 0.6 is 0 Å². The van der Waals surface area contributed by atoms with Gasteiger partial charge in [-0.25, -0.2) is 9.97 Å². The molecule has 1 aliphatic heterocycles. The van der Waals surface area contributed by atoms with E-state index in [0.717, 1.165) is 43.4 Å². The maximum atomic E-state index is 10.3. The predicted octanol–water partition coefficient (Wildman–Crippen LogP) is 2.15. The van der Waals surface area contributed by atoms with E-state index >= 15 is 0 Å². The van der Waals surface area contributed by atoms with Crippen molar-refractivity contribution in [1.29, 1.82) is 0 Å². The van der Waals surface area contributed by atoms with Gasteiger partial charge < -0.3 is 15.3 Å². The van der Waals surface area contributed by atoms with E-state index in [9.17, 15) is 5.11 Å². The molecule has 134 valence electrons. The molecule has 1 fully saturated rings. The van der Waals surface area contributed by atoms with Crippen LogP contribution in [0.25, 0.3) is 0 Å². The van der Waals surface area contributed by atoms with Crippen LogP contribution in [-0.2, 0) is 0 Å². The smallest absolute Gasteiger partial charge is 0.134 e. The Morgan fingerprint density at radius 3 is 2.48 bits per heavy atom. The Morgan fingerprint density at radius 1 is 1.08 bits per heavy atom. The average molecular weight is 341 g/mol. The summed E-state index contributed by atoms with van der Waals surface area (Å²) in [6.45, 7) is 8.94. The number of hydrogen-bond donors (Lipinski definition) is 2. The van der Waals surface area contributed by atoms with Crippen molar-refractivity contribution in [2.24, 2.45) is 0 Å². The number of hydrogen-bond acceptors (Lipinski definition) is 6. The van der Waals surface area contributed by atoms with Gasteiger partial charge in [0.15, 0.2) is 0 Å². The Bertz CT molecular complexity index is 656. The minimum atomic E-state index is -0.561. The second kappa shape index (κ2) is 8.27. The first kappa shape index (κ1) is 17.6. The van der Waals surface area contributed by atoms with Gasteiger partial charge in [0.1, 0.15) is 18.0 Å². The molecular formula is C19H27N5O. The summed E-state index contributed by atoms with van der Waals surface area (Å²) >= 11 is 0. The fourth-order valence-corrected chi connectivity index (χ4v) is 3.08. The number of piperazine rings is 1. The molecule has 1 unspecified atom stereocenters. The molecule has 25 heavy (non-hydrogen) atoms. The largest absolute Gasteiger partial charge is 0.387 e. The summed E-state index contributed by atoms with van der Waals surface area (Å²) in [6.07, 6.45) is 1.02. The van der Waals surface area contributed by atoms with E-state index in [1.165, 1.54) is 0 Å². The Balaban J connectivity index is 1.57. The lowest BCUT2D eigenvalue weighted by Gasteiger charge is -2.37. The number of rotatable bonds is 6. The molecule has 2 N–H and O–H groups in total. The van der Waals surface area contributed by atoms with E-state index in [0.29, 0.717) is 12.6 Å². The standard InChI is InChI=1S/C19H27N5O/c1-15(2)23-8-10-24(11-9-23)19-12-18(21-14-22-19)20-13-17(25)16-6-4-3-5-7-16/h3-7,12,14-15,17,25H,8-11,13H2,1-2H3,(H,20,21,22). The summed E-state index contributed by atoms with van der Waals surface area (Å²) in [5, 5.41) is 13.5. The molecule has 0 bridgehead atoms. The number of nitrogens with zero attached hydrogens (tertiary/aromatic N) is 4. The lowest BCUT2D eigenvalue weighted by molar-refractivity contribution is 0.191. The van der Waals surface area contributed by atoms with Crippen molar-refractivity contribution in [2.75, 3.05) is 42.9 Å². The van der Waals surface area contributed by atoms with Crippen molar-refractivity contribution in [3.8, 4) is 0 Å². The highest BCUT2D eigenvalue weighted by atomic mass is 16.3. The molecule has 6 heteroatoms. The molecule has 2 aromatic rings. The second-order valence-corrected chi connectivity index (χ2v) is 6.69. The van der Waals surface area contributed by atoms with Crippen molar-refractivity contribution in [1.82, 2.24) is 14.9 Å². The van der Waals surface area contributed by atoms with Gasteiger partial charge in [0.05, 0.1) is 6.10 Å². The molecule has 0 amide bonds. The van der Waals surface area contributed by atoms with Crippen molar-refractivity contribution in [2.45, 2.75) is 26.0 Å². The number of aromatic nitrogens is 2. The molecule has 3 rings (SSSR count). The third kappa shape index (κ3) is 4.67. The Morgan fingerprint density at radius 2 is 1.80 bits per heavy atom. The van der Waals surface area contributed by atoms with E-state index in [1.54, 1.807) is 6.33 Å². The molecule has 0 radical (unpaired) electrons. The number of anilines is 2. The van der Waals surface area contributed by atoms with E-state index in [2.05, 4.69) is 38.9 Å². The van der Waals surface area contributed by atoms with E-state index in [4.69, 9.17) is 0 Å². The maximum absolute atomic E-state index is 10.3. The zero-order chi connectivity index (χ0) is 17.6. The van der Waals surface area contributed by atoms with Crippen LogP contribution in [0.1, 0.15) is 25.5 Å². The van der Waals surface area contributed by atoms with Gasteiger partial charge in [0, 0.05) is 44.8 Å². The summed E-state index contributed by atoms with van der Waals surface area (Å²) in [4.78, 5) is 13.5. The van der Waals surface area contributed by atoms with Crippen LogP contribution in [0.5, 0.6) is 0 Å². The van der Waals surface area contributed by atoms with Gasteiger partial charge in [-0.3, -0.25) is 4.90 Å². The average Bonchev–Trinajstić information content (AvgIpc) is 2.67. The first-order valence-electron chi connectivity index (χ1n) is 8.91. The summed E-state index contributed by atoms with van der Waals surface area (Å²) in [7, 11) is 0. The molecule has 0 saturated carbocycles. The van der Waals surface area contributed by atoms with Crippen LogP contribution in [0.15, 0.2) is 42.7 Å². The molecule has 0 spiro atoms. The first-order valence-corrected chi connectivity index (χ1v) is 8.91. The molecule has 1 aromatic heterocycles. The molecule has 2 heterocycles. The molecule has 1 atom stereocenters. The SMILES string of the molecule is CC(C)N1CCN(c2cc(NCC(O)c3ccccc3)ncn2)CC1. The zero-order valence-corrected chi connectivity index (χ0v) is 15.0. The van der Waals surface area contributed by atoms with Gasteiger partial charge in [-0.05, 0) is 19.4 Å². The minimum absolute atomic E-state index is 0.418. The Labute approximate surface area is 149 Å². The van der Waals surface area contributed by atoms with Crippen LogP contribution in [0.3, 0.4) is 0 Å². The molecule has 1 aliphatic rings. The van der Waals surface area contributed by atoms with Gasteiger partial charge >= 0.3 is 0 Å². The van der Waals surface area contributed by atoms with E-state index in [1.807, 2.05) is 36.4 Å². The second-order valence-electron chi connectivity index (χ2n) is 6.69. The van der Waals surface area contributed by atoms with Gasteiger partial charge in [-0.15, -0.1) is 0 Å². The lowest BCUT2D eigenvalue weighted by atomic mass is 10.1. The molecule has 6 nitrogen and oxygen atoms in total. The predicted molar refractivity (Wildman–Crippen MR) is 101 cm³/mol. The normalized spacial score (nSPS) is 16.9. The maximum Gasteiger partial charge on any atom is 0.134 e. The van der Waals surface area contributed by atoms with Crippen molar-refractivity contribution in [3.05, 3.63) is 48.3 Å². The van der Waals surface area contributed by atoms with Gasteiger partial charge in [0.2, 0.25) is 0 Å². The number of benzene rings is 1. The van der Waals surface area contributed by atoms with E-state index in [-0.39, 0.29) is 0 Å². The molecule has 1 saturated heterocycles. The third-order valence-electron chi connectivity index (χ3n) is 4.68. The Kier molecular flexibility index (Phi) is 5.83. The summed E-state index contributed by atoms with van der Waals surface area (Å²) < 4.78 is 0. The zero-order valence-electron chi connectivity index (χ0n) is 15.0. The number of aliphatic hydroxyl groups is 1. The highest BCUT2D eigenvalue weighted by molar-refractivity contribution is 5.49. The van der Waals surface area contributed by atoms with Gasteiger partial charge in [-0.1, -0.05) is 30.3 Å². The Hall–Kier alpha value is -2.18. The fraction of sp³-hybridized carbons (Fsp3) is 0.474. The highest BCUT2D eigenvalue weighted by Crippen LogP contribution is 2.18. The summed E-state index contributed by atoms with van der Waals surface area (Å²) in [5.74, 6) is 1.68. The van der Waals surface area contributed by atoms with Crippen LogP contribution in [-0.4, -0.2) is 58.7 Å². The van der Waals surface area contributed by atoms with Crippen molar-refractivity contribution in [3.63, 3.8) is 0 Å². The van der Waals surface area contributed by atoms with Crippen molar-refractivity contribution >= 4 is 11.6 Å². The monoisotopic (exact) mass is 341 g/mol. The lowest BCUT2D eigenvalue weighted by Crippen LogP contribution is -2.49. The van der Waals surface area contributed by atoms with Crippen molar-refractivity contribution < 1.29 is 5.11 Å². The van der Waals surface area contributed by atoms with Crippen LogP contribution in [0.4, 0.5) is 11.6 Å². The molecular weight excluding hydrogens is 314 g/mol. The minimum Gasteiger partial charge on any atom is -0.387 e. The topological polar surface area (TPSA) is 64.5 Å². The van der Waals surface area contributed by atoms with Crippen LogP contribution in [0.2, 0.25) is 0 Å².